The maximum atomic E-state index is 3.72. The molecule has 0 saturated heterocycles. The van der Waals surface area contributed by atoms with Crippen LogP contribution in [-0.4, -0.2) is 9.55 Å². The Morgan fingerprint density at radius 1 is 0.513 bits per heavy atom. The van der Waals surface area contributed by atoms with Gasteiger partial charge >= 0.3 is 0 Å². The monoisotopic (exact) mass is 514 g/mol. The number of aromatic amines is 1. The molecule has 182 valence electrons. The lowest BCUT2D eigenvalue weighted by atomic mass is 9.96. The van der Waals surface area contributed by atoms with E-state index in [2.05, 4.69) is 137 Å². The fourth-order valence-corrected chi connectivity index (χ4v) is 7.73. The molecule has 3 aromatic heterocycles. The van der Waals surface area contributed by atoms with Gasteiger partial charge in [0.2, 0.25) is 0 Å². The van der Waals surface area contributed by atoms with Gasteiger partial charge in [0, 0.05) is 58.4 Å². The van der Waals surface area contributed by atoms with Crippen molar-refractivity contribution in [2.75, 3.05) is 0 Å². The topological polar surface area (TPSA) is 20.7 Å². The summed E-state index contributed by atoms with van der Waals surface area (Å²) >= 11 is 1.90. The molecule has 0 atom stereocenters. The summed E-state index contributed by atoms with van der Waals surface area (Å²) in [7, 11) is 0. The molecule has 0 aliphatic rings. The smallest absolute Gasteiger partial charge is 0.0541 e. The highest BCUT2D eigenvalue weighted by atomic mass is 32.1. The van der Waals surface area contributed by atoms with E-state index in [9.17, 15) is 0 Å². The highest BCUT2D eigenvalue weighted by Crippen LogP contribution is 2.46. The van der Waals surface area contributed by atoms with E-state index in [1.54, 1.807) is 0 Å². The third-order valence-electron chi connectivity index (χ3n) is 8.11. The molecule has 3 heteroatoms. The predicted octanol–water partition coefficient (Wildman–Crippen LogP) is 10.5. The molecule has 1 N–H and O–H groups in total. The fraction of sp³-hybridized carbons (Fsp3) is 0. The second-order valence-electron chi connectivity index (χ2n) is 10.2. The summed E-state index contributed by atoms with van der Waals surface area (Å²) in [5, 5.41) is 7.84. The molecule has 0 aliphatic carbocycles. The highest BCUT2D eigenvalue weighted by molar-refractivity contribution is 7.27. The molecule has 0 radical (unpaired) electrons. The maximum Gasteiger partial charge on any atom is 0.0541 e. The van der Waals surface area contributed by atoms with Gasteiger partial charge in [0.1, 0.15) is 0 Å². The van der Waals surface area contributed by atoms with Crippen molar-refractivity contribution >= 4 is 75.1 Å². The number of H-pyrrole nitrogens is 1. The van der Waals surface area contributed by atoms with Crippen molar-refractivity contribution in [3.63, 3.8) is 0 Å². The standard InChI is InChI=1S/C36H22N2S/c1-2-10-23(11-3-1)38-31-16-8-5-12-24(31)28-20-22(18-19-32(28)38)27-21-30-35(25-13-4-7-15-29(25)37-30)36-34(27)26-14-6-9-17-33(26)39-36/h1-21,37H. The Morgan fingerprint density at radius 3 is 2.13 bits per heavy atom. The molecule has 6 aromatic carbocycles. The number of benzene rings is 6. The quantitative estimate of drug-likeness (QED) is 0.237. The van der Waals surface area contributed by atoms with E-state index in [1.165, 1.54) is 80.6 Å². The number of nitrogens with one attached hydrogen (secondary N) is 1. The SMILES string of the molecule is c1ccc(-n2c3ccccc3c3cc(-c4cc5[nH]c6ccccc6c5c5sc6ccccc6c45)ccc32)cc1. The van der Waals surface area contributed by atoms with E-state index in [1.807, 2.05) is 11.3 Å². The molecular weight excluding hydrogens is 492 g/mol. The molecule has 0 spiro atoms. The maximum absolute atomic E-state index is 3.72. The van der Waals surface area contributed by atoms with Crippen molar-refractivity contribution in [3.05, 3.63) is 127 Å². The van der Waals surface area contributed by atoms with Crippen LogP contribution in [0, 0.1) is 0 Å². The second-order valence-corrected chi connectivity index (χ2v) is 11.3. The van der Waals surface area contributed by atoms with Crippen LogP contribution in [0.2, 0.25) is 0 Å². The van der Waals surface area contributed by atoms with Crippen LogP contribution in [-0.2, 0) is 0 Å². The molecule has 9 aromatic rings. The van der Waals surface area contributed by atoms with Crippen LogP contribution >= 0.6 is 11.3 Å². The average molecular weight is 515 g/mol. The Labute approximate surface area is 228 Å². The molecule has 3 heterocycles. The van der Waals surface area contributed by atoms with Gasteiger partial charge in [0.25, 0.3) is 0 Å². The fourth-order valence-electron chi connectivity index (χ4n) is 6.44. The van der Waals surface area contributed by atoms with E-state index >= 15 is 0 Å². The summed E-state index contributed by atoms with van der Waals surface area (Å²) in [5.41, 5.74) is 8.54. The second kappa shape index (κ2) is 7.83. The van der Waals surface area contributed by atoms with Crippen molar-refractivity contribution < 1.29 is 0 Å². The number of hydrogen-bond donors (Lipinski definition) is 1. The minimum atomic E-state index is 1.18. The van der Waals surface area contributed by atoms with Crippen LogP contribution in [0.15, 0.2) is 127 Å². The van der Waals surface area contributed by atoms with E-state index < -0.39 is 0 Å². The van der Waals surface area contributed by atoms with Gasteiger partial charge in [0.05, 0.1) is 11.0 Å². The van der Waals surface area contributed by atoms with Gasteiger partial charge in [-0.3, -0.25) is 0 Å². The zero-order chi connectivity index (χ0) is 25.5. The van der Waals surface area contributed by atoms with Gasteiger partial charge in [-0.15, -0.1) is 11.3 Å². The predicted molar refractivity (Wildman–Crippen MR) is 168 cm³/mol. The lowest BCUT2D eigenvalue weighted by molar-refractivity contribution is 1.18. The minimum absolute atomic E-state index is 1.18. The van der Waals surface area contributed by atoms with E-state index in [0.717, 1.165) is 0 Å². The Balaban J connectivity index is 1.41. The van der Waals surface area contributed by atoms with Crippen LogP contribution in [0.5, 0.6) is 0 Å². The first-order valence-corrected chi connectivity index (χ1v) is 14.1. The number of para-hydroxylation sites is 3. The van der Waals surface area contributed by atoms with Crippen LogP contribution in [0.25, 0.3) is 80.6 Å². The number of thiophene rings is 1. The van der Waals surface area contributed by atoms with Crippen LogP contribution in [0.1, 0.15) is 0 Å². The molecular formula is C36H22N2S. The van der Waals surface area contributed by atoms with E-state index in [0.29, 0.717) is 0 Å². The van der Waals surface area contributed by atoms with Gasteiger partial charge in [-0.25, -0.2) is 0 Å². The normalized spacial score (nSPS) is 12.1. The molecule has 0 bridgehead atoms. The number of aromatic nitrogens is 2. The molecule has 0 aliphatic heterocycles. The first-order chi connectivity index (χ1) is 19.3. The van der Waals surface area contributed by atoms with Gasteiger partial charge in [0.15, 0.2) is 0 Å². The summed E-state index contributed by atoms with van der Waals surface area (Å²) in [5.74, 6) is 0. The minimum Gasteiger partial charge on any atom is -0.354 e. The van der Waals surface area contributed by atoms with E-state index in [-0.39, 0.29) is 0 Å². The number of hydrogen-bond acceptors (Lipinski definition) is 1. The Hall–Kier alpha value is -4.86. The molecule has 0 unspecified atom stereocenters. The van der Waals surface area contributed by atoms with Crippen LogP contribution in [0.3, 0.4) is 0 Å². The number of nitrogens with zero attached hydrogens (tertiary/aromatic N) is 1. The summed E-state index contributed by atoms with van der Waals surface area (Å²) in [6.07, 6.45) is 0. The first-order valence-electron chi connectivity index (χ1n) is 13.3. The van der Waals surface area contributed by atoms with Crippen LogP contribution < -0.4 is 0 Å². The van der Waals surface area contributed by atoms with Gasteiger partial charge in [-0.05, 0) is 59.7 Å². The molecule has 2 nitrogen and oxygen atoms in total. The zero-order valence-electron chi connectivity index (χ0n) is 21.0. The van der Waals surface area contributed by atoms with Crippen molar-refractivity contribution in [1.29, 1.82) is 0 Å². The van der Waals surface area contributed by atoms with Crippen LogP contribution in [0.4, 0.5) is 0 Å². The Kier molecular flexibility index (Phi) is 4.24. The van der Waals surface area contributed by atoms with Crippen molar-refractivity contribution in [2.24, 2.45) is 0 Å². The molecule has 39 heavy (non-hydrogen) atoms. The van der Waals surface area contributed by atoms with Crippen molar-refractivity contribution in [1.82, 2.24) is 9.55 Å². The first kappa shape index (κ1) is 21.1. The average Bonchev–Trinajstić information content (AvgIpc) is 3.66. The lowest BCUT2D eigenvalue weighted by Gasteiger charge is -2.09. The summed E-state index contributed by atoms with van der Waals surface area (Å²) in [6.45, 7) is 0. The molecule has 0 saturated carbocycles. The number of rotatable bonds is 2. The van der Waals surface area contributed by atoms with E-state index in [4.69, 9.17) is 0 Å². The highest BCUT2D eigenvalue weighted by Gasteiger charge is 2.19. The van der Waals surface area contributed by atoms with Crippen molar-refractivity contribution in [2.45, 2.75) is 0 Å². The third-order valence-corrected chi connectivity index (χ3v) is 9.30. The summed E-state index contributed by atoms with van der Waals surface area (Å²) in [6, 6.07) is 46.3. The molecule has 0 amide bonds. The lowest BCUT2D eigenvalue weighted by Crippen LogP contribution is -1.92. The number of fused-ring (bicyclic) bond motifs is 10. The largest absolute Gasteiger partial charge is 0.354 e. The zero-order valence-corrected chi connectivity index (χ0v) is 21.8. The summed E-state index contributed by atoms with van der Waals surface area (Å²) in [4.78, 5) is 3.72. The Bertz CT molecular complexity index is 2390. The summed E-state index contributed by atoms with van der Waals surface area (Å²) < 4.78 is 5.06. The molecule has 9 rings (SSSR count). The Morgan fingerprint density at radius 2 is 1.23 bits per heavy atom. The third kappa shape index (κ3) is 2.91. The van der Waals surface area contributed by atoms with Gasteiger partial charge < -0.3 is 9.55 Å². The molecule has 0 fully saturated rings. The van der Waals surface area contributed by atoms with Crippen molar-refractivity contribution in [3.8, 4) is 16.8 Å². The van der Waals surface area contributed by atoms with Gasteiger partial charge in [-0.2, -0.15) is 0 Å². The van der Waals surface area contributed by atoms with Gasteiger partial charge in [-0.1, -0.05) is 78.9 Å².